The monoisotopic (exact) mass is 211 g/mol. The second kappa shape index (κ2) is 4.89. The Bertz CT molecular complexity index is 366. The van der Waals surface area contributed by atoms with Crippen LogP contribution in [0.15, 0.2) is 18.2 Å². The van der Waals surface area contributed by atoms with Crippen molar-refractivity contribution in [2.24, 2.45) is 5.73 Å². The van der Waals surface area contributed by atoms with Crippen LogP contribution in [0.5, 0.6) is 0 Å². The second-order valence-corrected chi connectivity index (χ2v) is 3.51. The highest BCUT2D eigenvalue weighted by Crippen LogP contribution is 2.23. The summed E-state index contributed by atoms with van der Waals surface area (Å²) in [6, 6.07) is 4.94. The summed E-state index contributed by atoms with van der Waals surface area (Å²) in [7, 11) is 0. The zero-order valence-electron chi connectivity index (χ0n) is 8.53. The van der Waals surface area contributed by atoms with E-state index < -0.39 is 11.9 Å². The van der Waals surface area contributed by atoms with Crippen molar-refractivity contribution in [3.05, 3.63) is 35.1 Å². The van der Waals surface area contributed by atoms with Crippen LogP contribution in [0.25, 0.3) is 0 Å². The molecule has 0 fully saturated rings. The molecule has 82 valence electrons. The van der Waals surface area contributed by atoms with Gasteiger partial charge in [-0.05, 0) is 24.6 Å². The highest BCUT2D eigenvalue weighted by Gasteiger charge is 2.18. The first-order valence-electron chi connectivity index (χ1n) is 4.73. The number of benzene rings is 1. The maximum absolute atomic E-state index is 13.6. The molecule has 1 aromatic carbocycles. The maximum atomic E-state index is 13.6. The van der Waals surface area contributed by atoms with Crippen LogP contribution in [0.2, 0.25) is 0 Å². The summed E-state index contributed by atoms with van der Waals surface area (Å²) in [5.41, 5.74) is 6.34. The Morgan fingerprint density at radius 2 is 2.27 bits per heavy atom. The van der Waals surface area contributed by atoms with Gasteiger partial charge in [-0.3, -0.25) is 4.79 Å². The standard InChI is InChI=1S/C11H14FNO2/c1-7-3-2-4-9(11(7)12)8(6-13)5-10(14)15/h2-4,8H,5-6,13H2,1H3,(H,14,15). The summed E-state index contributed by atoms with van der Waals surface area (Å²) in [5.74, 6) is -1.78. The van der Waals surface area contributed by atoms with Gasteiger partial charge in [0, 0.05) is 5.92 Å². The number of hydrogen-bond acceptors (Lipinski definition) is 2. The smallest absolute Gasteiger partial charge is 0.304 e. The Balaban J connectivity index is 3.01. The fourth-order valence-electron chi connectivity index (χ4n) is 1.52. The first-order valence-corrected chi connectivity index (χ1v) is 4.73. The Kier molecular flexibility index (Phi) is 3.80. The lowest BCUT2D eigenvalue weighted by Gasteiger charge is -2.14. The molecule has 1 unspecified atom stereocenters. The van der Waals surface area contributed by atoms with E-state index in [1.54, 1.807) is 25.1 Å². The number of aliphatic carboxylic acids is 1. The van der Waals surface area contributed by atoms with Crippen LogP contribution in [0.4, 0.5) is 4.39 Å². The van der Waals surface area contributed by atoms with Gasteiger partial charge in [-0.2, -0.15) is 0 Å². The molecule has 1 rings (SSSR count). The fourth-order valence-corrected chi connectivity index (χ4v) is 1.52. The first kappa shape index (κ1) is 11.7. The molecular formula is C11H14FNO2. The van der Waals surface area contributed by atoms with Crippen LogP contribution < -0.4 is 5.73 Å². The van der Waals surface area contributed by atoms with Crippen LogP contribution in [-0.4, -0.2) is 17.6 Å². The minimum absolute atomic E-state index is 0.132. The van der Waals surface area contributed by atoms with E-state index in [9.17, 15) is 9.18 Å². The van der Waals surface area contributed by atoms with Crippen LogP contribution in [0.3, 0.4) is 0 Å². The number of carbonyl (C=O) groups is 1. The number of hydrogen-bond donors (Lipinski definition) is 2. The lowest BCUT2D eigenvalue weighted by molar-refractivity contribution is -0.137. The lowest BCUT2D eigenvalue weighted by Crippen LogP contribution is -2.17. The van der Waals surface area contributed by atoms with Crippen molar-refractivity contribution in [3.8, 4) is 0 Å². The van der Waals surface area contributed by atoms with Gasteiger partial charge >= 0.3 is 5.97 Å². The molecule has 0 saturated carbocycles. The molecule has 0 aliphatic heterocycles. The average molecular weight is 211 g/mol. The molecule has 0 aliphatic rings. The maximum Gasteiger partial charge on any atom is 0.304 e. The van der Waals surface area contributed by atoms with E-state index in [0.29, 0.717) is 11.1 Å². The zero-order valence-corrected chi connectivity index (χ0v) is 8.53. The molecule has 15 heavy (non-hydrogen) atoms. The van der Waals surface area contributed by atoms with Crippen molar-refractivity contribution in [1.29, 1.82) is 0 Å². The van der Waals surface area contributed by atoms with Crippen LogP contribution in [0, 0.1) is 12.7 Å². The van der Waals surface area contributed by atoms with Gasteiger partial charge in [0.25, 0.3) is 0 Å². The molecule has 0 aliphatic carbocycles. The molecule has 0 amide bonds. The molecule has 1 aromatic rings. The zero-order chi connectivity index (χ0) is 11.4. The minimum Gasteiger partial charge on any atom is -0.481 e. The van der Waals surface area contributed by atoms with Crippen molar-refractivity contribution in [1.82, 2.24) is 0 Å². The predicted molar refractivity (Wildman–Crippen MR) is 55.2 cm³/mol. The highest BCUT2D eigenvalue weighted by atomic mass is 19.1. The molecule has 0 heterocycles. The number of rotatable bonds is 4. The SMILES string of the molecule is Cc1cccc(C(CN)CC(=O)O)c1F. The molecule has 0 aromatic heterocycles. The van der Waals surface area contributed by atoms with Gasteiger partial charge in [0.2, 0.25) is 0 Å². The van der Waals surface area contributed by atoms with Gasteiger partial charge < -0.3 is 10.8 Å². The third-order valence-electron chi connectivity index (χ3n) is 2.37. The first-order chi connectivity index (χ1) is 7.06. The summed E-state index contributed by atoms with van der Waals surface area (Å²) in [6.45, 7) is 1.78. The molecule has 0 bridgehead atoms. The van der Waals surface area contributed by atoms with E-state index in [1.807, 2.05) is 0 Å². The number of carboxylic acid groups (broad SMARTS) is 1. The number of carboxylic acids is 1. The van der Waals surface area contributed by atoms with E-state index >= 15 is 0 Å². The van der Waals surface area contributed by atoms with Gasteiger partial charge in [0.15, 0.2) is 0 Å². The van der Waals surface area contributed by atoms with E-state index in [0.717, 1.165) is 0 Å². The van der Waals surface area contributed by atoms with Gasteiger partial charge in [0.1, 0.15) is 5.82 Å². The number of aryl methyl sites for hydroxylation is 1. The van der Waals surface area contributed by atoms with Crippen molar-refractivity contribution in [2.45, 2.75) is 19.3 Å². The van der Waals surface area contributed by atoms with Crippen molar-refractivity contribution in [2.75, 3.05) is 6.54 Å². The van der Waals surface area contributed by atoms with Gasteiger partial charge in [-0.15, -0.1) is 0 Å². The molecular weight excluding hydrogens is 197 g/mol. The predicted octanol–water partition coefficient (Wildman–Crippen LogP) is 1.65. The number of halogens is 1. The van der Waals surface area contributed by atoms with Crippen LogP contribution in [0.1, 0.15) is 23.5 Å². The van der Waals surface area contributed by atoms with E-state index in [1.165, 1.54) is 0 Å². The van der Waals surface area contributed by atoms with Gasteiger partial charge in [0.05, 0.1) is 6.42 Å². The third kappa shape index (κ3) is 2.76. The van der Waals surface area contributed by atoms with Crippen LogP contribution in [-0.2, 0) is 4.79 Å². The van der Waals surface area contributed by atoms with Gasteiger partial charge in [-0.25, -0.2) is 4.39 Å². The largest absolute Gasteiger partial charge is 0.481 e. The van der Waals surface area contributed by atoms with Gasteiger partial charge in [-0.1, -0.05) is 18.2 Å². The van der Waals surface area contributed by atoms with Crippen molar-refractivity contribution in [3.63, 3.8) is 0 Å². The Morgan fingerprint density at radius 3 is 2.80 bits per heavy atom. The van der Waals surface area contributed by atoms with E-state index in [-0.39, 0.29) is 18.8 Å². The summed E-state index contributed by atoms with van der Waals surface area (Å²) in [6.07, 6.45) is -0.142. The summed E-state index contributed by atoms with van der Waals surface area (Å²) in [5, 5.41) is 8.66. The summed E-state index contributed by atoms with van der Waals surface area (Å²) in [4.78, 5) is 10.6. The molecule has 3 nitrogen and oxygen atoms in total. The molecule has 0 radical (unpaired) electrons. The Hall–Kier alpha value is -1.42. The molecule has 0 saturated heterocycles. The van der Waals surface area contributed by atoms with Crippen LogP contribution >= 0.6 is 0 Å². The average Bonchev–Trinajstić information content (AvgIpc) is 2.19. The van der Waals surface area contributed by atoms with Crippen molar-refractivity contribution >= 4 is 5.97 Å². The van der Waals surface area contributed by atoms with E-state index in [2.05, 4.69) is 0 Å². The minimum atomic E-state index is -0.966. The topological polar surface area (TPSA) is 63.3 Å². The summed E-state index contributed by atoms with van der Waals surface area (Å²) < 4.78 is 13.6. The molecule has 0 spiro atoms. The van der Waals surface area contributed by atoms with Crippen molar-refractivity contribution < 1.29 is 14.3 Å². The third-order valence-corrected chi connectivity index (χ3v) is 2.37. The quantitative estimate of drug-likeness (QED) is 0.796. The normalized spacial score (nSPS) is 12.5. The molecule has 3 N–H and O–H groups in total. The second-order valence-electron chi connectivity index (χ2n) is 3.51. The Labute approximate surface area is 87.7 Å². The molecule has 4 heteroatoms. The highest BCUT2D eigenvalue weighted by molar-refractivity contribution is 5.68. The van der Waals surface area contributed by atoms with E-state index in [4.69, 9.17) is 10.8 Å². The number of nitrogens with two attached hydrogens (primary N) is 1. The lowest BCUT2D eigenvalue weighted by atomic mass is 9.94. The molecule has 1 atom stereocenters. The Morgan fingerprint density at radius 1 is 1.60 bits per heavy atom. The summed E-state index contributed by atoms with van der Waals surface area (Å²) >= 11 is 0. The fraction of sp³-hybridized carbons (Fsp3) is 0.364.